The molecule has 2 atom stereocenters. The van der Waals surface area contributed by atoms with E-state index in [0.717, 1.165) is 92.9 Å². The predicted molar refractivity (Wildman–Crippen MR) is 149 cm³/mol. The number of hydrogen-bond acceptors (Lipinski definition) is 4. The molecule has 0 aromatic heterocycles. The quantitative estimate of drug-likeness (QED) is 0.314. The Morgan fingerprint density at radius 3 is 1.51 bits per heavy atom. The van der Waals surface area contributed by atoms with Crippen molar-refractivity contribution in [2.24, 2.45) is 9.98 Å². The molecule has 1 aliphatic carbocycles. The summed E-state index contributed by atoms with van der Waals surface area (Å²) in [6.45, 7) is 8.57. The molecule has 0 bridgehead atoms. The molecule has 190 valence electrons. The number of benzene rings is 2. The maximum Gasteiger partial charge on any atom is 0.127 e. The molecular formula is C31H44N2O2. The Balaban J connectivity index is 1.80. The fourth-order valence-corrected chi connectivity index (χ4v) is 4.98. The Morgan fingerprint density at radius 2 is 1.14 bits per heavy atom. The molecule has 35 heavy (non-hydrogen) atoms. The van der Waals surface area contributed by atoms with E-state index in [1.165, 1.54) is 11.1 Å². The van der Waals surface area contributed by atoms with Crippen molar-refractivity contribution in [2.75, 3.05) is 0 Å². The molecule has 2 aromatic carbocycles. The summed E-state index contributed by atoms with van der Waals surface area (Å²) < 4.78 is 0. The van der Waals surface area contributed by atoms with Crippen molar-refractivity contribution in [1.82, 2.24) is 0 Å². The minimum absolute atomic E-state index is 0.103. The van der Waals surface area contributed by atoms with Crippen LogP contribution in [0.25, 0.3) is 0 Å². The number of phenolic OH excluding ortho intramolecular Hbond substituents is 2. The highest BCUT2D eigenvalue weighted by molar-refractivity contribution is 5.85. The van der Waals surface area contributed by atoms with Crippen molar-refractivity contribution in [3.8, 4) is 11.5 Å². The van der Waals surface area contributed by atoms with E-state index >= 15 is 0 Å². The molecule has 0 spiro atoms. The van der Waals surface area contributed by atoms with Gasteiger partial charge in [0.2, 0.25) is 0 Å². The molecule has 4 nitrogen and oxygen atoms in total. The Hall–Kier alpha value is -2.62. The second-order valence-corrected chi connectivity index (χ2v) is 9.92. The van der Waals surface area contributed by atoms with Gasteiger partial charge in [0.1, 0.15) is 11.5 Å². The molecule has 4 heteroatoms. The summed E-state index contributed by atoms with van der Waals surface area (Å²) in [6.07, 6.45) is 15.1. The Kier molecular flexibility index (Phi) is 10.4. The van der Waals surface area contributed by atoms with Gasteiger partial charge in [0.05, 0.1) is 12.1 Å². The lowest BCUT2D eigenvalue weighted by Gasteiger charge is -2.14. The van der Waals surface area contributed by atoms with Crippen molar-refractivity contribution in [1.29, 1.82) is 0 Å². The second-order valence-electron chi connectivity index (χ2n) is 9.92. The van der Waals surface area contributed by atoms with E-state index in [-0.39, 0.29) is 12.1 Å². The molecule has 1 aliphatic rings. The lowest BCUT2D eigenvalue weighted by atomic mass is 9.99. The van der Waals surface area contributed by atoms with Crippen LogP contribution in [0.5, 0.6) is 11.5 Å². The molecule has 0 radical (unpaired) electrons. The summed E-state index contributed by atoms with van der Waals surface area (Å²) in [5.41, 5.74) is 6.17. The molecule has 2 unspecified atom stereocenters. The molecular weight excluding hydrogens is 432 g/mol. The first-order chi connectivity index (χ1) is 17.0. The Bertz CT molecular complexity index is 944. The van der Waals surface area contributed by atoms with Crippen LogP contribution >= 0.6 is 0 Å². The Labute approximate surface area is 212 Å². The van der Waals surface area contributed by atoms with Crippen LogP contribution in [0, 0.1) is 0 Å². The summed E-state index contributed by atoms with van der Waals surface area (Å²) in [6, 6.07) is 8.66. The third kappa shape index (κ3) is 7.19. The van der Waals surface area contributed by atoms with Crippen LogP contribution in [0.1, 0.15) is 106 Å². The number of aromatic hydroxyl groups is 2. The van der Waals surface area contributed by atoms with Crippen molar-refractivity contribution in [3.63, 3.8) is 0 Å². The van der Waals surface area contributed by atoms with E-state index < -0.39 is 0 Å². The van der Waals surface area contributed by atoms with Gasteiger partial charge in [-0.1, -0.05) is 52.7 Å². The minimum atomic E-state index is 0.103. The first-order valence-corrected chi connectivity index (χ1v) is 13.8. The number of rotatable bonds is 12. The van der Waals surface area contributed by atoms with E-state index in [1.807, 2.05) is 12.4 Å². The van der Waals surface area contributed by atoms with Crippen LogP contribution in [0.15, 0.2) is 34.3 Å². The lowest BCUT2D eigenvalue weighted by Crippen LogP contribution is -2.16. The maximum absolute atomic E-state index is 10.7. The van der Waals surface area contributed by atoms with E-state index in [0.29, 0.717) is 11.5 Å². The van der Waals surface area contributed by atoms with E-state index in [1.54, 1.807) is 0 Å². The zero-order chi connectivity index (χ0) is 25.2. The zero-order valence-corrected chi connectivity index (χ0v) is 22.2. The van der Waals surface area contributed by atoms with Gasteiger partial charge in [-0.3, -0.25) is 9.98 Å². The van der Waals surface area contributed by atoms with E-state index in [9.17, 15) is 10.2 Å². The first kappa shape index (κ1) is 27.0. The third-order valence-corrected chi connectivity index (χ3v) is 7.21. The summed E-state index contributed by atoms with van der Waals surface area (Å²) >= 11 is 0. The van der Waals surface area contributed by atoms with Gasteiger partial charge in [-0.15, -0.1) is 0 Å². The predicted octanol–water partition coefficient (Wildman–Crippen LogP) is 7.37. The normalized spacial score (nSPS) is 18.3. The standard InChI is InChI=1S/C31H44N2O2/c1-5-9-12-22-16-24(7-3)30(34)26(18-22)20-32-28-14-11-15-29(28)33-21-27-19-23(13-10-6-2)17-25(8-4)31(27)35/h16-21,28-29,34-35H,5-15H2,1-4H3. The molecule has 0 heterocycles. The molecule has 1 fully saturated rings. The van der Waals surface area contributed by atoms with E-state index in [2.05, 4.69) is 52.0 Å². The maximum atomic E-state index is 10.7. The van der Waals surface area contributed by atoms with Gasteiger partial charge in [0.15, 0.2) is 0 Å². The molecule has 1 saturated carbocycles. The third-order valence-electron chi connectivity index (χ3n) is 7.21. The fourth-order valence-electron chi connectivity index (χ4n) is 4.98. The number of phenols is 2. The monoisotopic (exact) mass is 476 g/mol. The number of unbranched alkanes of at least 4 members (excludes halogenated alkanes) is 2. The highest BCUT2D eigenvalue weighted by atomic mass is 16.3. The molecule has 2 aromatic rings. The van der Waals surface area contributed by atoms with Crippen molar-refractivity contribution in [2.45, 2.75) is 110 Å². The average molecular weight is 477 g/mol. The molecule has 0 saturated heterocycles. The summed E-state index contributed by atoms with van der Waals surface area (Å²) in [5, 5.41) is 21.5. The molecule has 0 aliphatic heterocycles. The fraction of sp³-hybridized carbons (Fsp3) is 0.548. The highest BCUT2D eigenvalue weighted by Crippen LogP contribution is 2.29. The summed E-state index contributed by atoms with van der Waals surface area (Å²) in [4.78, 5) is 9.80. The number of nitrogens with zero attached hydrogens (tertiary/aromatic N) is 2. The van der Waals surface area contributed by atoms with Crippen LogP contribution in [0.3, 0.4) is 0 Å². The van der Waals surface area contributed by atoms with Crippen molar-refractivity contribution < 1.29 is 10.2 Å². The smallest absolute Gasteiger partial charge is 0.127 e. The van der Waals surface area contributed by atoms with Gasteiger partial charge in [0.25, 0.3) is 0 Å². The first-order valence-electron chi connectivity index (χ1n) is 13.8. The minimum Gasteiger partial charge on any atom is -0.507 e. The number of aryl methyl sites for hydroxylation is 4. The van der Waals surface area contributed by atoms with Gasteiger partial charge >= 0.3 is 0 Å². The van der Waals surface area contributed by atoms with Crippen LogP contribution in [-0.2, 0) is 25.7 Å². The van der Waals surface area contributed by atoms with Crippen molar-refractivity contribution >= 4 is 12.4 Å². The highest BCUT2D eigenvalue weighted by Gasteiger charge is 2.25. The SMILES string of the molecule is CCCCc1cc(C=NC2CCCC2N=Cc2cc(CCCC)cc(CC)c2O)c(O)c(CC)c1. The molecule has 3 rings (SSSR count). The van der Waals surface area contributed by atoms with Crippen LogP contribution in [0.2, 0.25) is 0 Å². The van der Waals surface area contributed by atoms with Crippen LogP contribution < -0.4 is 0 Å². The van der Waals surface area contributed by atoms with Gasteiger partial charge in [-0.25, -0.2) is 0 Å². The zero-order valence-electron chi connectivity index (χ0n) is 22.2. The summed E-state index contributed by atoms with van der Waals surface area (Å²) in [7, 11) is 0. The van der Waals surface area contributed by atoms with Crippen LogP contribution in [-0.4, -0.2) is 34.7 Å². The largest absolute Gasteiger partial charge is 0.507 e. The van der Waals surface area contributed by atoms with Crippen molar-refractivity contribution in [3.05, 3.63) is 57.6 Å². The van der Waals surface area contributed by atoms with E-state index in [4.69, 9.17) is 9.98 Å². The van der Waals surface area contributed by atoms with Gasteiger partial charge in [0, 0.05) is 23.6 Å². The Morgan fingerprint density at radius 1 is 0.714 bits per heavy atom. The van der Waals surface area contributed by atoms with Gasteiger partial charge in [-0.2, -0.15) is 0 Å². The number of aliphatic imine (C=N–C) groups is 2. The van der Waals surface area contributed by atoms with Crippen LogP contribution in [0.4, 0.5) is 0 Å². The molecule has 0 amide bonds. The van der Waals surface area contributed by atoms with Gasteiger partial charge in [-0.05, 0) is 92.2 Å². The lowest BCUT2D eigenvalue weighted by molar-refractivity contribution is 0.467. The second kappa shape index (κ2) is 13.5. The average Bonchev–Trinajstić information content (AvgIpc) is 3.33. The topological polar surface area (TPSA) is 65.2 Å². The number of hydrogen-bond donors (Lipinski definition) is 2. The van der Waals surface area contributed by atoms with Gasteiger partial charge < -0.3 is 10.2 Å². The molecule has 2 N–H and O–H groups in total. The summed E-state index contributed by atoms with van der Waals surface area (Å²) in [5.74, 6) is 0.714.